The highest BCUT2D eigenvalue weighted by molar-refractivity contribution is 6.32. The normalized spacial score (nSPS) is 15.9. The zero-order chi connectivity index (χ0) is 21.5. The molecule has 160 valence electrons. The Balaban J connectivity index is 1.59. The van der Waals surface area contributed by atoms with Crippen molar-refractivity contribution in [2.45, 2.75) is 40.0 Å². The van der Waals surface area contributed by atoms with Gasteiger partial charge in [-0.25, -0.2) is 0 Å². The molecular weight excluding hydrogens is 409 g/mol. The lowest BCUT2D eigenvalue weighted by atomic mass is 10.1. The maximum Gasteiger partial charge on any atom is 0.436 e. The highest BCUT2D eigenvalue weighted by atomic mass is 35.5. The summed E-state index contributed by atoms with van der Waals surface area (Å²) >= 11 is 5.75. The first-order valence-corrected chi connectivity index (χ1v) is 9.66. The van der Waals surface area contributed by atoms with Gasteiger partial charge in [-0.3, -0.25) is 19.1 Å². The smallest absolute Gasteiger partial charge is 0.339 e. The lowest BCUT2D eigenvalue weighted by Gasteiger charge is -2.34. The lowest BCUT2D eigenvalue weighted by Crippen LogP contribution is -2.49. The average molecular weight is 433 g/mol. The number of aromatic nitrogens is 4. The van der Waals surface area contributed by atoms with Crippen molar-refractivity contribution < 1.29 is 18.0 Å². The maximum absolute atomic E-state index is 12.9. The van der Waals surface area contributed by atoms with Crippen LogP contribution in [0.4, 0.5) is 13.2 Å². The van der Waals surface area contributed by atoms with Crippen molar-refractivity contribution in [3.8, 4) is 0 Å². The van der Waals surface area contributed by atoms with E-state index in [0.717, 1.165) is 22.6 Å². The summed E-state index contributed by atoms with van der Waals surface area (Å²) in [6.45, 7) is 8.33. The van der Waals surface area contributed by atoms with E-state index in [9.17, 15) is 18.0 Å². The van der Waals surface area contributed by atoms with Crippen LogP contribution in [0.1, 0.15) is 28.3 Å². The van der Waals surface area contributed by atoms with Gasteiger partial charge in [-0.1, -0.05) is 11.6 Å². The molecule has 3 rings (SSSR count). The number of hydrogen-bond donors (Lipinski definition) is 0. The van der Waals surface area contributed by atoms with Crippen LogP contribution in [-0.2, 0) is 31.1 Å². The van der Waals surface area contributed by atoms with Gasteiger partial charge in [-0.15, -0.1) is 0 Å². The molecule has 1 aliphatic rings. The number of carbonyl (C=O) groups is 1. The van der Waals surface area contributed by atoms with E-state index < -0.39 is 16.9 Å². The van der Waals surface area contributed by atoms with Gasteiger partial charge in [0.1, 0.15) is 6.54 Å². The fourth-order valence-corrected chi connectivity index (χ4v) is 3.76. The zero-order valence-corrected chi connectivity index (χ0v) is 17.6. The number of alkyl halides is 3. The van der Waals surface area contributed by atoms with E-state index in [2.05, 4.69) is 15.1 Å². The number of hydrogen-bond acceptors (Lipinski definition) is 4. The SMILES string of the molecule is Cc1nn(C)c(C)c1CN1CCN(C(=O)Cn2nc(C(F)(F)F)c(Cl)c2C)CC1. The van der Waals surface area contributed by atoms with Crippen molar-refractivity contribution in [2.75, 3.05) is 26.2 Å². The molecule has 2 aromatic rings. The van der Waals surface area contributed by atoms with Crippen molar-refractivity contribution >= 4 is 17.5 Å². The van der Waals surface area contributed by atoms with Gasteiger partial charge < -0.3 is 4.90 Å². The number of amides is 1. The summed E-state index contributed by atoms with van der Waals surface area (Å²) in [7, 11) is 1.91. The molecule has 3 heterocycles. The summed E-state index contributed by atoms with van der Waals surface area (Å²) < 4.78 is 41.7. The van der Waals surface area contributed by atoms with E-state index in [1.54, 1.807) is 4.90 Å². The van der Waals surface area contributed by atoms with Crippen molar-refractivity contribution in [3.05, 3.63) is 33.4 Å². The van der Waals surface area contributed by atoms with E-state index in [1.165, 1.54) is 12.5 Å². The molecule has 2 aromatic heterocycles. The fourth-order valence-electron chi connectivity index (χ4n) is 3.51. The number of carbonyl (C=O) groups excluding carboxylic acids is 1. The van der Waals surface area contributed by atoms with Crippen LogP contribution in [0.15, 0.2) is 0 Å². The highest BCUT2D eigenvalue weighted by Gasteiger charge is 2.38. The predicted molar refractivity (Wildman–Crippen MR) is 102 cm³/mol. The van der Waals surface area contributed by atoms with Gasteiger partial charge in [-0.05, 0) is 20.8 Å². The van der Waals surface area contributed by atoms with Crippen LogP contribution in [-0.4, -0.2) is 61.4 Å². The number of rotatable bonds is 4. The third-order valence-electron chi connectivity index (χ3n) is 5.45. The minimum Gasteiger partial charge on any atom is -0.339 e. The van der Waals surface area contributed by atoms with Gasteiger partial charge in [0.15, 0.2) is 5.69 Å². The number of aryl methyl sites for hydroxylation is 2. The second kappa shape index (κ2) is 7.98. The lowest BCUT2D eigenvalue weighted by molar-refractivity contribution is -0.142. The molecule has 0 saturated carbocycles. The Labute approximate surface area is 172 Å². The van der Waals surface area contributed by atoms with Crippen LogP contribution in [0.2, 0.25) is 5.02 Å². The molecule has 0 spiro atoms. The molecule has 1 aliphatic heterocycles. The minimum absolute atomic E-state index is 0.133. The summed E-state index contributed by atoms with van der Waals surface area (Å²) in [6.07, 6.45) is -4.65. The summed E-state index contributed by atoms with van der Waals surface area (Å²) in [5, 5.41) is 7.47. The summed E-state index contributed by atoms with van der Waals surface area (Å²) in [5.41, 5.74) is 2.28. The summed E-state index contributed by atoms with van der Waals surface area (Å²) in [5.74, 6) is -0.269. The molecule has 0 radical (unpaired) electrons. The van der Waals surface area contributed by atoms with Crippen LogP contribution in [0.3, 0.4) is 0 Å². The molecule has 0 bridgehead atoms. The standard InChI is InChI=1S/C18H24ClF3N6O/c1-11-14(12(2)25(4)23-11)9-26-5-7-27(8-6-26)15(29)10-28-13(3)16(19)17(24-28)18(20,21)22/h5-10H2,1-4H3. The van der Waals surface area contributed by atoms with Crippen LogP contribution >= 0.6 is 11.6 Å². The van der Waals surface area contributed by atoms with Crippen molar-refractivity contribution in [1.29, 1.82) is 0 Å². The first-order chi connectivity index (χ1) is 13.5. The van der Waals surface area contributed by atoms with E-state index in [-0.39, 0.29) is 18.1 Å². The Kier molecular flexibility index (Phi) is 5.96. The average Bonchev–Trinajstić information content (AvgIpc) is 3.06. The van der Waals surface area contributed by atoms with Gasteiger partial charge in [-0.2, -0.15) is 23.4 Å². The second-order valence-electron chi connectivity index (χ2n) is 7.33. The first kappa shape index (κ1) is 21.6. The third-order valence-corrected chi connectivity index (χ3v) is 5.91. The van der Waals surface area contributed by atoms with Gasteiger partial charge in [0.05, 0.1) is 16.4 Å². The van der Waals surface area contributed by atoms with E-state index in [1.807, 2.05) is 25.6 Å². The minimum atomic E-state index is -4.65. The Morgan fingerprint density at radius 2 is 1.69 bits per heavy atom. The maximum atomic E-state index is 12.9. The molecule has 7 nitrogen and oxygen atoms in total. The topological polar surface area (TPSA) is 59.2 Å². The highest BCUT2D eigenvalue weighted by Crippen LogP contribution is 2.35. The Morgan fingerprint density at radius 1 is 1.07 bits per heavy atom. The van der Waals surface area contributed by atoms with Crippen molar-refractivity contribution in [2.24, 2.45) is 7.05 Å². The Bertz CT molecular complexity index is 912. The largest absolute Gasteiger partial charge is 0.436 e. The Hall–Kier alpha value is -2.07. The van der Waals surface area contributed by atoms with Gasteiger partial charge in [0, 0.05) is 51.0 Å². The van der Waals surface area contributed by atoms with Gasteiger partial charge in [0.25, 0.3) is 0 Å². The number of halogens is 4. The molecule has 29 heavy (non-hydrogen) atoms. The summed E-state index contributed by atoms with van der Waals surface area (Å²) in [4.78, 5) is 16.5. The quantitative estimate of drug-likeness (QED) is 0.745. The van der Waals surface area contributed by atoms with E-state index >= 15 is 0 Å². The van der Waals surface area contributed by atoms with Crippen LogP contribution in [0.5, 0.6) is 0 Å². The van der Waals surface area contributed by atoms with Crippen molar-refractivity contribution in [3.63, 3.8) is 0 Å². The Morgan fingerprint density at radius 3 is 2.17 bits per heavy atom. The first-order valence-electron chi connectivity index (χ1n) is 9.28. The molecular formula is C18H24ClF3N6O. The zero-order valence-electron chi connectivity index (χ0n) is 16.8. The predicted octanol–water partition coefficient (Wildman–Crippen LogP) is 2.56. The number of piperazine rings is 1. The van der Waals surface area contributed by atoms with Crippen LogP contribution in [0.25, 0.3) is 0 Å². The van der Waals surface area contributed by atoms with E-state index in [4.69, 9.17) is 11.6 Å². The monoisotopic (exact) mass is 432 g/mol. The summed E-state index contributed by atoms with van der Waals surface area (Å²) in [6, 6.07) is 0. The number of nitrogens with zero attached hydrogens (tertiary/aromatic N) is 6. The molecule has 0 unspecified atom stereocenters. The van der Waals surface area contributed by atoms with Crippen LogP contribution < -0.4 is 0 Å². The molecule has 0 atom stereocenters. The second-order valence-corrected chi connectivity index (χ2v) is 7.71. The molecule has 0 N–H and O–H groups in total. The molecule has 1 amide bonds. The van der Waals surface area contributed by atoms with E-state index in [0.29, 0.717) is 26.2 Å². The molecule has 1 saturated heterocycles. The van der Waals surface area contributed by atoms with Crippen molar-refractivity contribution in [1.82, 2.24) is 29.4 Å². The third kappa shape index (κ3) is 4.42. The van der Waals surface area contributed by atoms with Crippen LogP contribution in [0, 0.1) is 20.8 Å². The molecule has 0 aliphatic carbocycles. The van der Waals surface area contributed by atoms with Gasteiger partial charge in [0.2, 0.25) is 5.91 Å². The van der Waals surface area contributed by atoms with Gasteiger partial charge >= 0.3 is 6.18 Å². The molecule has 11 heteroatoms. The fraction of sp³-hybridized carbons (Fsp3) is 0.611. The molecule has 0 aromatic carbocycles. The molecule has 1 fully saturated rings.